The zero-order valence-electron chi connectivity index (χ0n) is 10.5. The molecule has 0 aliphatic heterocycles. The summed E-state index contributed by atoms with van der Waals surface area (Å²) >= 11 is 0. The SMILES string of the molecule is NOC(=O)OC12CC3CC(C1)C(OC(N)=O)C(C3)C2. The third-order valence-electron chi connectivity index (χ3n) is 4.78. The minimum absolute atomic E-state index is 0.139. The van der Waals surface area contributed by atoms with Crippen molar-refractivity contribution in [3.63, 3.8) is 0 Å². The standard InChI is InChI=1S/C12H18N2O5/c13-10(15)17-9-7-1-6-2-8(9)5-12(3-6,4-7)18-11(16)19-14/h6-9H,1-5,14H2,(H2,13,15). The number of primary amides is 1. The molecule has 7 nitrogen and oxygen atoms in total. The van der Waals surface area contributed by atoms with Crippen molar-refractivity contribution in [1.82, 2.24) is 0 Å². The molecule has 4 saturated carbocycles. The molecule has 4 aliphatic carbocycles. The molecule has 0 aromatic rings. The Morgan fingerprint density at radius 1 is 1.11 bits per heavy atom. The van der Waals surface area contributed by atoms with E-state index in [-0.39, 0.29) is 17.9 Å². The molecule has 4 rings (SSSR count). The third kappa shape index (κ3) is 2.11. The number of carbonyl (C=O) groups is 2. The lowest BCUT2D eigenvalue weighted by Crippen LogP contribution is -2.59. The fourth-order valence-corrected chi connectivity index (χ4v) is 4.56. The lowest BCUT2D eigenvalue weighted by molar-refractivity contribution is -0.184. The zero-order valence-corrected chi connectivity index (χ0v) is 10.5. The Hall–Kier alpha value is -1.50. The van der Waals surface area contributed by atoms with Crippen molar-refractivity contribution in [1.29, 1.82) is 0 Å². The van der Waals surface area contributed by atoms with Crippen LogP contribution in [0.5, 0.6) is 0 Å². The predicted octanol–water partition coefficient (Wildman–Crippen LogP) is 1.06. The lowest BCUT2D eigenvalue weighted by atomic mass is 9.53. The molecule has 0 aromatic carbocycles. The summed E-state index contributed by atoms with van der Waals surface area (Å²) in [5.41, 5.74) is 4.63. The van der Waals surface area contributed by atoms with Crippen LogP contribution in [0.4, 0.5) is 9.59 Å². The van der Waals surface area contributed by atoms with Crippen molar-refractivity contribution < 1.29 is 23.9 Å². The third-order valence-corrected chi connectivity index (χ3v) is 4.78. The van der Waals surface area contributed by atoms with Gasteiger partial charge in [0.25, 0.3) is 0 Å². The second-order valence-corrected chi connectivity index (χ2v) is 6.02. The van der Waals surface area contributed by atoms with Crippen LogP contribution in [0.1, 0.15) is 32.1 Å². The average molecular weight is 270 g/mol. The Balaban J connectivity index is 1.76. The molecule has 2 atom stereocenters. The van der Waals surface area contributed by atoms with Gasteiger partial charge in [0.1, 0.15) is 11.7 Å². The predicted molar refractivity (Wildman–Crippen MR) is 62.5 cm³/mol. The molecule has 4 aliphatic rings. The summed E-state index contributed by atoms with van der Waals surface area (Å²) in [6, 6.07) is 0. The highest BCUT2D eigenvalue weighted by Gasteiger charge is 2.58. The number of hydrogen-bond donors (Lipinski definition) is 2. The van der Waals surface area contributed by atoms with Crippen LogP contribution >= 0.6 is 0 Å². The van der Waals surface area contributed by atoms with Gasteiger partial charge in [-0.05, 0) is 38.0 Å². The molecule has 0 saturated heterocycles. The highest BCUT2D eigenvalue weighted by Crippen LogP contribution is 2.58. The Morgan fingerprint density at radius 2 is 1.74 bits per heavy atom. The maximum absolute atomic E-state index is 11.3. The normalized spacial score (nSPS) is 42.8. The van der Waals surface area contributed by atoms with Gasteiger partial charge in [-0.3, -0.25) is 0 Å². The van der Waals surface area contributed by atoms with Gasteiger partial charge in [-0.2, -0.15) is 5.90 Å². The summed E-state index contributed by atoms with van der Waals surface area (Å²) in [6.07, 6.45) is 2.51. The summed E-state index contributed by atoms with van der Waals surface area (Å²) in [4.78, 5) is 26.4. The Morgan fingerprint density at radius 3 is 2.26 bits per heavy atom. The molecule has 4 bridgehead atoms. The molecule has 2 unspecified atom stereocenters. The Kier molecular flexibility index (Phi) is 2.81. The first kappa shape index (κ1) is 12.5. The molecular weight excluding hydrogens is 252 g/mol. The highest BCUT2D eigenvalue weighted by molar-refractivity contribution is 5.65. The van der Waals surface area contributed by atoms with Crippen molar-refractivity contribution in [2.75, 3.05) is 0 Å². The molecule has 0 radical (unpaired) electrons. The summed E-state index contributed by atoms with van der Waals surface area (Å²) in [5.74, 6) is 5.77. The Bertz CT molecular complexity index is 397. The molecule has 4 fully saturated rings. The van der Waals surface area contributed by atoms with Crippen LogP contribution in [-0.4, -0.2) is 24.0 Å². The van der Waals surface area contributed by atoms with Crippen molar-refractivity contribution in [2.45, 2.75) is 43.8 Å². The fourth-order valence-electron chi connectivity index (χ4n) is 4.56. The van der Waals surface area contributed by atoms with Crippen LogP contribution in [0.15, 0.2) is 0 Å². The van der Waals surface area contributed by atoms with Gasteiger partial charge < -0.3 is 20.0 Å². The number of carbonyl (C=O) groups excluding carboxylic acids is 2. The van der Waals surface area contributed by atoms with Crippen molar-refractivity contribution in [2.24, 2.45) is 29.4 Å². The van der Waals surface area contributed by atoms with Gasteiger partial charge in [-0.1, -0.05) is 0 Å². The molecule has 7 heteroatoms. The molecular formula is C12H18N2O5. The van der Waals surface area contributed by atoms with Gasteiger partial charge >= 0.3 is 12.2 Å². The van der Waals surface area contributed by atoms with Gasteiger partial charge in [0.05, 0.1) is 0 Å². The second kappa shape index (κ2) is 4.26. The van der Waals surface area contributed by atoms with Crippen LogP contribution in [0.3, 0.4) is 0 Å². The van der Waals surface area contributed by atoms with E-state index in [0.717, 1.165) is 19.3 Å². The topological polar surface area (TPSA) is 114 Å². The second-order valence-electron chi connectivity index (χ2n) is 6.02. The highest BCUT2D eigenvalue weighted by atomic mass is 16.8. The van der Waals surface area contributed by atoms with E-state index in [1.807, 2.05) is 0 Å². The first-order chi connectivity index (χ1) is 9.01. The van der Waals surface area contributed by atoms with E-state index in [1.165, 1.54) is 0 Å². The summed E-state index contributed by atoms with van der Waals surface area (Å²) < 4.78 is 10.6. The van der Waals surface area contributed by atoms with E-state index in [0.29, 0.717) is 18.8 Å². The van der Waals surface area contributed by atoms with Gasteiger partial charge in [-0.25, -0.2) is 9.59 Å². The number of hydrogen-bond acceptors (Lipinski definition) is 6. The number of ether oxygens (including phenoxy) is 2. The van der Waals surface area contributed by atoms with Crippen LogP contribution in [0.25, 0.3) is 0 Å². The molecule has 19 heavy (non-hydrogen) atoms. The molecule has 0 heterocycles. The first-order valence-electron chi connectivity index (χ1n) is 6.57. The molecule has 106 valence electrons. The van der Waals surface area contributed by atoms with Gasteiger partial charge in [0, 0.05) is 11.8 Å². The monoisotopic (exact) mass is 270 g/mol. The summed E-state index contributed by atoms with van der Waals surface area (Å²) in [7, 11) is 0. The zero-order chi connectivity index (χ0) is 13.6. The largest absolute Gasteiger partial charge is 0.528 e. The van der Waals surface area contributed by atoms with E-state index in [9.17, 15) is 9.59 Å². The molecule has 0 spiro atoms. The molecule has 1 amide bonds. The van der Waals surface area contributed by atoms with Crippen molar-refractivity contribution in [3.05, 3.63) is 0 Å². The number of nitrogens with two attached hydrogens (primary N) is 2. The Labute approximate surface area is 110 Å². The maximum atomic E-state index is 11.3. The van der Waals surface area contributed by atoms with E-state index < -0.39 is 17.8 Å². The smallest absolute Gasteiger partial charge is 0.446 e. The maximum Gasteiger partial charge on any atom is 0.528 e. The first-order valence-corrected chi connectivity index (χ1v) is 6.57. The number of rotatable bonds is 2. The van der Waals surface area contributed by atoms with Gasteiger partial charge in [0.2, 0.25) is 0 Å². The van der Waals surface area contributed by atoms with Gasteiger partial charge in [0.15, 0.2) is 0 Å². The van der Waals surface area contributed by atoms with Crippen LogP contribution < -0.4 is 11.6 Å². The molecule has 0 aromatic heterocycles. The van der Waals surface area contributed by atoms with Gasteiger partial charge in [-0.15, -0.1) is 0 Å². The van der Waals surface area contributed by atoms with E-state index in [1.54, 1.807) is 0 Å². The van der Waals surface area contributed by atoms with Crippen LogP contribution in [0.2, 0.25) is 0 Å². The van der Waals surface area contributed by atoms with E-state index >= 15 is 0 Å². The van der Waals surface area contributed by atoms with E-state index in [2.05, 4.69) is 4.84 Å². The molecule has 4 N–H and O–H groups in total. The van der Waals surface area contributed by atoms with Crippen LogP contribution in [-0.2, 0) is 14.3 Å². The minimum Gasteiger partial charge on any atom is -0.446 e. The quantitative estimate of drug-likeness (QED) is 0.572. The van der Waals surface area contributed by atoms with E-state index in [4.69, 9.17) is 21.1 Å². The average Bonchev–Trinajstić information content (AvgIpc) is 2.32. The summed E-state index contributed by atoms with van der Waals surface area (Å²) in [6.45, 7) is 0. The minimum atomic E-state index is -0.839. The fraction of sp³-hybridized carbons (Fsp3) is 0.833. The number of amides is 1. The van der Waals surface area contributed by atoms with Crippen molar-refractivity contribution >= 4 is 12.2 Å². The van der Waals surface area contributed by atoms with Crippen molar-refractivity contribution in [3.8, 4) is 0 Å². The van der Waals surface area contributed by atoms with Crippen LogP contribution in [0, 0.1) is 17.8 Å². The summed E-state index contributed by atoms with van der Waals surface area (Å²) in [5, 5.41) is 0. The lowest BCUT2D eigenvalue weighted by Gasteiger charge is -2.57.